The zero-order valence-corrected chi connectivity index (χ0v) is 20.8. The van der Waals surface area contributed by atoms with Crippen molar-refractivity contribution < 1.29 is 17.9 Å². The van der Waals surface area contributed by atoms with Crippen LogP contribution in [0.3, 0.4) is 0 Å². The second kappa shape index (κ2) is 11.1. The normalized spacial score (nSPS) is 18.3. The first kappa shape index (κ1) is 25.0. The van der Waals surface area contributed by atoms with Crippen molar-refractivity contribution in [3.05, 3.63) is 42.5 Å². The number of nitrogens with two attached hydrogens (primary N) is 1. The molecule has 11 heteroatoms. The van der Waals surface area contributed by atoms with Gasteiger partial charge in [-0.1, -0.05) is 12.1 Å². The highest BCUT2D eigenvalue weighted by Crippen LogP contribution is 2.31. The molecule has 1 heterocycles. The predicted octanol–water partition coefficient (Wildman–Crippen LogP) is 3.13. The number of sulfonamides is 1. The Labute approximate surface area is 205 Å². The standard InChI is InChI=1S/C24H32N6O4S/c1-33-18-11-12-21(34-2)22(13-18)35(31,32)27-15-17-9-7-16(8-10-17)14-26-24-28-20-6-4-3-5-19(20)23(29-24)30-25/h3-6,11-13,16-17,27H,7-10,14-15,25H2,1-2H3,(H2,26,28,29,30). The molecule has 0 atom stereocenters. The summed E-state index contributed by atoms with van der Waals surface area (Å²) in [6.45, 7) is 1.14. The Kier molecular flexibility index (Phi) is 7.89. The minimum absolute atomic E-state index is 0.0824. The fourth-order valence-electron chi connectivity index (χ4n) is 4.44. The van der Waals surface area contributed by atoms with Gasteiger partial charge in [-0.25, -0.2) is 24.0 Å². The third-order valence-corrected chi connectivity index (χ3v) is 7.92. The largest absolute Gasteiger partial charge is 0.497 e. The minimum atomic E-state index is -3.72. The first-order valence-corrected chi connectivity index (χ1v) is 13.1. The topological polar surface area (TPSA) is 140 Å². The van der Waals surface area contributed by atoms with E-state index in [-0.39, 0.29) is 16.6 Å². The lowest BCUT2D eigenvalue weighted by Gasteiger charge is -2.28. The van der Waals surface area contributed by atoms with Crippen molar-refractivity contribution in [2.24, 2.45) is 17.7 Å². The van der Waals surface area contributed by atoms with Crippen molar-refractivity contribution in [2.45, 2.75) is 30.6 Å². The fourth-order valence-corrected chi connectivity index (χ4v) is 5.74. The summed E-state index contributed by atoms with van der Waals surface area (Å²) in [4.78, 5) is 9.14. The molecule has 35 heavy (non-hydrogen) atoms. The molecule has 0 saturated heterocycles. The third-order valence-electron chi connectivity index (χ3n) is 6.48. The number of fused-ring (bicyclic) bond motifs is 1. The van der Waals surface area contributed by atoms with Gasteiger partial charge in [-0.15, -0.1) is 0 Å². The van der Waals surface area contributed by atoms with E-state index in [0.29, 0.717) is 30.0 Å². The third kappa shape index (κ3) is 5.92. The smallest absolute Gasteiger partial charge is 0.244 e. The molecule has 1 fully saturated rings. The van der Waals surface area contributed by atoms with Crippen LogP contribution < -0.4 is 30.8 Å². The number of rotatable bonds is 10. The lowest BCUT2D eigenvalue weighted by molar-refractivity contribution is 0.284. The molecule has 1 aliphatic carbocycles. The van der Waals surface area contributed by atoms with Gasteiger partial charge in [0.15, 0.2) is 5.82 Å². The Morgan fingerprint density at radius 2 is 1.69 bits per heavy atom. The molecular weight excluding hydrogens is 468 g/mol. The molecule has 188 valence electrons. The zero-order valence-electron chi connectivity index (χ0n) is 20.0. The van der Waals surface area contributed by atoms with Crippen molar-refractivity contribution in [3.8, 4) is 11.5 Å². The molecule has 3 aromatic rings. The maximum absolute atomic E-state index is 12.9. The molecule has 1 saturated carbocycles. The molecule has 10 nitrogen and oxygen atoms in total. The summed E-state index contributed by atoms with van der Waals surface area (Å²) in [5.41, 5.74) is 3.46. The highest BCUT2D eigenvalue weighted by atomic mass is 32.2. The summed E-state index contributed by atoms with van der Waals surface area (Å²) < 4.78 is 39.0. The molecular formula is C24H32N6O4S. The number of nitrogen functional groups attached to an aromatic ring is 1. The number of methoxy groups -OCH3 is 2. The van der Waals surface area contributed by atoms with Crippen LogP contribution >= 0.6 is 0 Å². The van der Waals surface area contributed by atoms with Gasteiger partial charge in [0.25, 0.3) is 0 Å². The molecule has 0 radical (unpaired) electrons. The maximum atomic E-state index is 12.9. The SMILES string of the molecule is COc1ccc(OC)c(S(=O)(=O)NCC2CCC(CNc3nc(NN)c4ccccc4n3)CC2)c1. The lowest BCUT2D eigenvalue weighted by atomic mass is 9.82. The van der Waals surface area contributed by atoms with Gasteiger partial charge in [0, 0.05) is 24.5 Å². The van der Waals surface area contributed by atoms with Crippen molar-refractivity contribution in [2.75, 3.05) is 38.1 Å². The van der Waals surface area contributed by atoms with E-state index in [0.717, 1.165) is 43.1 Å². The Hall–Kier alpha value is -3.15. The Morgan fingerprint density at radius 3 is 2.37 bits per heavy atom. The first-order valence-electron chi connectivity index (χ1n) is 11.6. The number of nitrogens with one attached hydrogen (secondary N) is 3. The molecule has 0 aliphatic heterocycles. The summed E-state index contributed by atoms with van der Waals surface area (Å²) in [5.74, 6) is 8.26. The number of aromatic nitrogens is 2. The van der Waals surface area contributed by atoms with Crippen LogP contribution in [0, 0.1) is 11.8 Å². The van der Waals surface area contributed by atoms with Gasteiger partial charge in [0.1, 0.15) is 16.4 Å². The van der Waals surface area contributed by atoms with Crippen LogP contribution in [0.1, 0.15) is 25.7 Å². The van der Waals surface area contributed by atoms with Gasteiger partial charge in [-0.3, -0.25) is 0 Å². The van der Waals surface area contributed by atoms with Crippen LogP contribution in [0.15, 0.2) is 47.4 Å². The summed E-state index contributed by atoms with van der Waals surface area (Å²) in [5, 5.41) is 4.21. The molecule has 0 bridgehead atoms. The van der Waals surface area contributed by atoms with Crippen molar-refractivity contribution in [3.63, 3.8) is 0 Å². The molecule has 1 aliphatic rings. The highest BCUT2D eigenvalue weighted by Gasteiger charge is 2.25. The van der Waals surface area contributed by atoms with E-state index in [2.05, 4.69) is 25.4 Å². The van der Waals surface area contributed by atoms with Crippen LogP contribution in [0.2, 0.25) is 0 Å². The number of nitrogens with zero attached hydrogens (tertiary/aromatic N) is 2. The average molecular weight is 501 g/mol. The van der Waals surface area contributed by atoms with Crippen LogP contribution in [0.5, 0.6) is 11.5 Å². The number of anilines is 2. The molecule has 0 amide bonds. The summed E-state index contributed by atoms with van der Waals surface area (Å²) in [6.07, 6.45) is 3.88. The van der Waals surface area contributed by atoms with Gasteiger partial charge < -0.3 is 20.2 Å². The Bertz CT molecular complexity index is 1260. The maximum Gasteiger partial charge on any atom is 0.244 e. The van der Waals surface area contributed by atoms with Gasteiger partial charge in [-0.2, -0.15) is 4.98 Å². The number of hydrazine groups is 1. The summed E-state index contributed by atoms with van der Waals surface area (Å²) in [6, 6.07) is 12.4. The van der Waals surface area contributed by atoms with Crippen molar-refractivity contribution in [1.82, 2.24) is 14.7 Å². The quantitative estimate of drug-likeness (QED) is 0.244. The monoisotopic (exact) mass is 500 g/mol. The molecule has 4 rings (SSSR count). The van der Waals surface area contributed by atoms with E-state index in [1.54, 1.807) is 12.1 Å². The molecule has 5 N–H and O–H groups in total. The first-order chi connectivity index (χ1) is 16.9. The van der Waals surface area contributed by atoms with Crippen LogP contribution in [0.4, 0.5) is 11.8 Å². The number of para-hydroxylation sites is 1. The van der Waals surface area contributed by atoms with E-state index < -0.39 is 10.0 Å². The van der Waals surface area contributed by atoms with Crippen LogP contribution in [-0.4, -0.2) is 45.7 Å². The van der Waals surface area contributed by atoms with E-state index in [1.807, 2.05) is 24.3 Å². The van der Waals surface area contributed by atoms with Gasteiger partial charge in [-0.05, 0) is 61.8 Å². The number of hydrogen-bond acceptors (Lipinski definition) is 9. The van der Waals surface area contributed by atoms with E-state index in [4.69, 9.17) is 15.3 Å². The fraction of sp³-hybridized carbons (Fsp3) is 0.417. The number of hydrogen-bond donors (Lipinski definition) is 4. The summed E-state index contributed by atoms with van der Waals surface area (Å²) >= 11 is 0. The number of ether oxygens (including phenoxy) is 2. The molecule has 0 spiro atoms. The average Bonchev–Trinajstić information content (AvgIpc) is 2.90. The van der Waals surface area contributed by atoms with E-state index in [1.165, 1.54) is 20.3 Å². The molecule has 0 unspecified atom stereocenters. The second-order valence-corrected chi connectivity index (χ2v) is 10.4. The Morgan fingerprint density at radius 1 is 0.971 bits per heavy atom. The van der Waals surface area contributed by atoms with Gasteiger partial charge in [0.2, 0.25) is 16.0 Å². The highest BCUT2D eigenvalue weighted by molar-refractivity contribution is 7.89. The van der Waals surface area contributed by atoms with E-state index in [9.17, 15) is 8.42 Å². The second-order valence-electron chi connectivity index (χ2n) is 8.69. The Balaban J connectivity index is 1.29. The van der Waals surface area contributed by atoms with Crippen LogP contribution in [0.25, 0.3) is 10.9 Å². The molecule has 2 aromatic carbocycles. The van der Waals surface area contributed by atoms with Gasteiger partial charge >= 0.3 is 0 Å². The number of benzene rings is 2. The van der Waals surface area contributed by atoms with Crippen molar-refractivity contribution in [1.29, 1.82) is 0 Å². The summed E-state index contributed by atoms with van der Waals surface area (Å²) in [7, 11) is -0.770. The zero-order chi connectivity index (χ0) is 24.8. The van der Waals surface area contributed by atoms with E-state index >= 15 is 0 Å². The predicted molar refractivity (Wildman–Crippen MR) is 136 cm³/mol. The molecule has 1 aromatic heterocycles. The van der Waals surface area contributed by atoms with Crippen molar-refractivity contribution >= 4 is 32.7 Å². The van der Waals surface area contributed by atoms with Gasteiger partial charge in [0.05, 0.1) is 19.7 Å². The lowest BCUT2D eigenvalue weighted by Crippen LogP contribution is -2.32. The van der Waals surface area contributed by atoms with Crippen LogP contribution in [-0.2, 0) is 10.0 Å². The minimum Gasteiger partial charge on any atom is -0.497 e.